The summed E-state index contributed by atoms with van der Waals surface area (Å²) in [5.41, 5.74) is 0. The maximum Gasteiger partial charge on any atom is 0.334 e. The molecule has 10 heteroatoms. The summed E-state index contributed by atoms with van der Waals surface area (Å²) in [5, 5.41) is 24.3. The lowest BCUT2D eigenvalue weighted by Crippen LogP contribution is -2.51. The van der Waals surface area contributed by atoms with E-state index in [0.29, 0.717) is 12.4 Å². The zero-order chi connectivity index (χ0) is 13.0. The van der Waals surface area contributed by atoms with Gasteiger partial charge in [-0.25, -0.2) is 9.59 Å². The first-order valence-corrected chi connectivity index (χ1v) is 5.26. The van der Waals surface area contributed by atoms with Gasteiger partial charge in [-0.2, -0.15) is 5.21 Å². The van der Waals surface area contributed by atoms with Gasteiger partial charge in [0.2, 0.25) is 0 Å². The number of morpholine rings is 1. The van der Waals surface area contributed by atoms with Crippen LogP contribution in [0.15, 0.2) is 0 Å². The van der Waals surface area contributed by atoms with E-state index in [-0.39, 0.29) is 25.7 Å². The van der Waals surface area contributed by atoms with Crippen LogP contribution in [0.3, 0.4) is 0 Å². The summed E-state index contributed by atoms with van der Waals surface area (Å²) in [4.78, 5) is 23.9. The highest BCUT2D eigenvalue weighted by Gasteiger charge is 2.28. The predicted octanol–water partition coefficient (Wildman–Crippen LogP) is -1.81. The van der Waals surface area contributed by atoms with Gasteiger partial charge in [0, 0.05) is 6.54 Å². The number of aromatic amines is 1. The number of carbonyl (C=O) groups excluding carboxylic acids is 1. The van der Waals surface area contributed by atoms with Crippen LogP contribution < -0.4 is 5.32 Å². The van der Waals surface area contributed by atoms with E-state index in [2.05, 4.69) is 25.9 Å². The van der Waals surface area contributed by atoms with E-state index in [4.69, 9.17) is 9.84 Å². The predicted molar refractivity (Wildman–Crippen MR) is 55.4 cm³/mol. The highest BCUT2D eigenvalue weighted by atomic mass is 16.5. The van der Waals surface area contributed by atoms with E-state index in [1.54, 1.807) is 0 Å². The molecule has 1 atom stereocenters. The Bertz CT molecular complexity index is 421. The first-order valence-electron chi connectivity index (χ1n) is 5.26. The number of amides is 2. The summed E-state index contributed by atoms with van der Waals surface area (Å²) in [6.07, 6.45) is -0.977. The van der Waals surface area contributed by atoms with E-state index in [1.165, 1.54) is 4.90 Å². The van der Waals surface area contributed by atoms with Gasteiger partial charge in [-0.3, -0.25) is 0 Å². The molecule has 1 aromatic rings. The van der Waals surface area contributed by atoms with Gasteiger partial charge in [-0.1, -0.05) is 5.21 Å². The Balaban J connectivity index is 1.83. The average molecular weight is 256 g/mol. The molecule has 0 spiro atoms. The van der Waals surface area contributed by atoms with E-state index < -0.39 is 12.1 Å². The Morgan fingerprint density at radius 3 is 3.11 bits per heavy atom. The number of rotatable bonds is 3. The van der Waals surface area contributed by atoms with Gasteiger partial charge >= 0.3 is 12.0 Å². The third-order valence-corrected chi connectivity index (χ3v) is 2.42. The first-order chi connectivity index (χ1) is 8.66. The molecular formula is C8H12N6O4. The second kappa shape index (κ2) is 5.40. The third-order valence-electron chi connectivity index (χ3n) is 2.42. The molecule has 2 rings (SSSR count). The zero-order valence-corrected chi connectivity index (χ0v) is 9.37. The summed E-state index contributed by atoms with van der Waals surface area (Å²) in [7, 11) is 0. The number of urea groups is 1. The Kier molecular flexibility index (Phi) is 3.67. The number of aromatic nitrogens is 4. The fourth-order valence-corrected chi connectivity index (χ4v) is 1.51. The van der Waals surface area contributed by atoms with Gasteiger partial charge < -0.3 is 20.1 Å². The van der Waals surface area contributed by atoms with Crippen molar-refractivity contribution in [3.63, 3.8) is 0 Å². The number of hydrogen-bond acceptors (Lipinski definition) is 6. The van der Waals surface area contributed by atoms with Gasteiger partial charge in [0.15, 0.2) is 11.9 Å². The lowest BCUT2D eigenvalue weighted by atomic mass is 10.3. The minimum Gasteiger partial charge on any atom is -0.479 e. The number of nitrogens with one attached hydrogen (secondary N) is 2. The average Bonchev–Trinajstić information content (AvgIpc) is 2.89. The Labute approximate surface area is 101 Å². The molecule has 0 aromatic carbocycles. The fraction of sp³-hybridized carbons (Fsp3) is 0.625. The standard InChI is InChI=1S/C8H12N6O4/c15-7(16)5-4-14(1-2-18-5)8(17)9-3-6-10-12-13-11-6/h5H,1-4H2,(H,9,17)(H,15,16)(H,10,11,12,13). The molecule has 1 fully saturated rings. The smallest absolute Gasteiger partial charge is 0.334 e. The van der Waals surface area contributed by atoms with Crippen LogP contribution >= 0.6 is 0 Å². The van der Waals surface area contributed by atoms with Crippen LogP contribution in [0.25, 0.3) is 0 Å². The van der Waals surface area contributed by atoms with Gasteiger partial charge in [0.25, 0.3) is 0 Å². The molecule has 1 aromatic heterocycles. The Hall–Kier alpha value is -2.23. The maximum atomic E-state index is 11.7. The summed E-state index contributed by atoms with van der Waals surface area (Å²) < 4.78 is 5.01. The van der Waals surface area contributed by atoms with Crippen molar-refractivity contribution in [2.75, 3.05) is 19.7 Å². The maximum absolute atomic E-state index is 11.7. The topological polar surface area (TPSA) is 133 Å². The molecule has 18 heavy (non-hydrogen) atoms. The molecule has 1 aliphatic rings. The van der Waals surface area contributed by atoms with Gasteiger partial charge in [-0.05, 0) is 0 Å². The number of H-pyrrole nitrogens is 1. The monoisotopic (exact) mass is 256 g/mol. The van der Waals surface area contributed by atoms with E-state index in [1.807, 2.05) is 0 Å². The van der Waals surface area contributed by atoms with Crippen molar-refractivity contribution in [2.24, 2.45) is 0 Å². The van der Waals surface area contributed by atoms with E-state index in [9.17, 15) is 9.59 Å². The number of carboxylic acids is 1. The summed E-state index contributed by atoms with van der Waals surface area (Å²) >= 11 is 0. The molecule has 0 saturated carbocycles. The number of nitrogens with zero attached hydrogens (tertiary/aromatic N) is 4. The minimum atomic E-state index is -1.08. The lowest BCUT2D eigenvalue weighted by Gasteiger charge is -2.30. The van der Waals surface area contributed by atoms with Crippen LogP contribution in [0.1, 0.15) is 5.82 Å². The summed E-state index contributed by atoms with van der Waals surface area (Å²) in [6, 6.07) is -0.380. The fourth-order valence-electron chi connectivity index (χ4n) is 1.51. The van der Waals surface area contributed by atoms with E-state index >= 15 is 0 Å². The molecule has 2 heterocycles. The minimum absolute atomic E-state index is 0.0212. The van der Waals surface area contributed by atoms with Crippen molar-refractivity contribution in [3.05, 3.63) is 5.82 Å². The molecule has 1 aliphatic heterocycles. The van der Waals surface area contributed by atoms with Gasteiger partial charge in [-0.15, -0.1) is 10.2 Å². The van der Waals surface area contributed by atoms with Crippen LogP contribution in [0.2, 0.25) is 0 Å². The quantitative estimate of drug-likeness (QED) is 0.580. The van der Waals surface area contributed by atoms with Crippen LogP contribution in [-0.2, 0) is 16.1 Å². The number of carbonyl (C=O) groups is 2. The summed E-state index contributed by atoms with van der Waals surface area (Å²) in [5.74, 6) is -0.725. The first kappa shape index (κ1) is 12.2. The summed E-state index contributed by atoms with van der Waals surface area (Å²) in [6.45, 7) is 0.701. The molecule has 98 valence electrons. The Morgan fingerprint density at radius 1 is 1.61 bits per heavy atom. The molecule has 1 unspecified atom stereocenters. The van der Waals surface area contributed by atoms with Crippen molar-refractivity contribution in [2.45, 2.75) is 12.6 Å². The molecular weight excluding hydrogens is 244 g/mol. The van der Waals surface area contributed by atoms with E-state index in [0.717, 1.165) is 0 Å². The van der Waals surface area contributed by atoms with Gasteiger partial charge in [0.1, 0.15) is 0 Å². The van der Waals surface area contributed by atoms with Crippen LogP contribution in [0, 0.1) is 0 Å². The number of hydrogen-bond donors (Lipinski definition) is 3. The molecule has 3 N–H and O–H groups in total. The highest BCUT2D eigenvalue weighted by molar-refractivity contribution is 5.77. The van der Waals surface area contributed by atoms with Crippen LogP contribution in [-0.4, -0.2) is 68.4 Å². The van der Waals surface area contributed by atoms with Crippen molar-refractivity contribution < 1.29 is 19.4 Å². The molecule has 2 amide bonds. The molecule has 0 bridgehead atoms. The molecule has 10 nitrogen and oxygen atoms in total. The second-order valence-electron chi connectivity index (χ2n) is 3.63. The number of ether oxygens (including phenoxy) is 1. The third kappa shape index (κ3) is 2.91. The lowest BCUT2D eigenvalue weighted by molar-refractivity contribution is -0.154. The van der Waals surface area contributed by atoms with Crippen molar-refractivity contribution in [1.82, 2.24) is 30.8 Å². The highest BCUT2D eigenvalue weighted by Crippen LogP contribution is 2.05. The Morgan fingerprint density at radius 2 is 2.44 bits per heavy atom. The number of tetrazole rings is 1. The molecule has 1 saturated heterocycles. The van der Waals surface area contributed by atoms with Crippen molar-refractivity contribution in [3.8, 4) is 0 Å². The van der Waals surface area contributed by atoms with Crippen LogP contribution in [0.4, 0.5) is 4.79 Å². The normalized spacial score (nSPS) is 19.6. The van der Waals surface area contributed by atoms with Crippen molar-refractivity contribution in [1.29, 1.82) is 0 Å². The zero-order valence-electron chi connectivity index (χ0n) is 9.37. The van der Waals surface area contributed by atoms with Crippen molar-refractivity contribution >= 4 is 12.0 Å². The molecule has 0 radical (unpaired) electrons. The second-order valence-corrected chi connectivity index (χ2v) is 3.63. The van der Waals surface area contributed by atoms with Gasteiger partial charge in [0.05, 0.1) is 19.7 Å². The largest absolute Gasteiger partial charge is 0.479 e. The number of carboxylic acid groups (broad SMARTS) is 1. The SMILES string of the molecule is O=C(O)C1CN(C(=O)NCc2nn[nH]n2)CCO1. The molecule has 0 aliphatic carbocycles. The number of aliphatic carboxylic acids is 1. The van der Waals surface area contributed by atoms with Crippen LogP contribution in [0.5, 0.6) is 0 Å².